The van der Waals surface area contributed by atoms with E-state index >= 15 is 0 Å². The van der Waals surface area contributed by atoms with Gasteiger partial charge in [-0.1, -0.05) is 31.0 Å². The van der Waals surface area contributed by atoms with Gasteiger partial charge in [0.2, 0.25) is 11.8 Å². The molecule has 3 rings (SSSR count). The molecule has 0 aliphatic heterocycles. The van der Waals surface area contributed by atoms with E-state index in [1.54, 1.807) is 23.1 Å². The fourth-order valence-electron chi connectivity index (χ4n) is 3.57. The summed E-state index contributed by atoms with van der Waals surface area (Å²) in [5.41, 5.74) is 5.90. The zero-order valence-corrected chi connectivity index (χ0v) is 12.5. The Labute approximate surface area is 129 Å². The summed E-state index contributed by atoms with van der Waals surface area (Å²) in [5.74, 6) is -1.06. The van der Waals surface area contributed by atoms with Crippen LogP contribution in [0.4, 0.5) is 4.39 Å². The molecule has 2 amide bonds. The van der Waals surface area contributed by atoms with Crippen molar-refractivity contribution in [2.75, 3.05) is 6.54 Å². The van der Waals surface area contributed by atoms with Crippen LogP contribution in [0.3, 0.4) is 0 Å². The van der Waals surface area contributed by atoms with Crippen molar-refractivity contribution < 1.29 is 14.0 Å². The Morgan fingerprint density at radius 2 is 1.91 bits per heavy atom. The monoisotopic (exact) mass is 304 g/mol. The van der Waals surface area contributed by atoms with E-state index in [2.05, 4.69) is 0 Å². The van der Waals surface area contributed by atoms with Gasteiger partial charge >= 0.3 is 0 Å². The van der Waals surface area contributed by atoms with E-state index in [9.17, 15) is 14.0 Å². The summed E-state index contributed by atoms with van der Waals surface area (Å²) in [6.07, 6.45) is 4.66. The third-order valence-electron chi connectivity index (χ3n) is 4.79. The van der Waals surface area contributed by atoms with E-state index in [4.69, 9.17) is 5.73 Å². The summed E-state index contributed by atoms with van der Waals surface area (Å²) in [5, 5.41) is 0. The Hall–Kier alpha value is -1.91. The van der Waals surface area contributed by atoms with Crippen molar-refractivity contribution in [2.45, 2.75) is 44.1 Å². The molecular formula is C17H21FN2O2. The Kier molecular flexibility index (Phi) is 4.14. The van der Waals surface area contributed by atoms with Crippen LogP contribution in [0.5, 0.6) is 0 Å². The van der Waals surface area contributed by atoms with E-state index in [1.807, 2.05) is 0 Å². The van der Waals surface area contributed by atoms with Crippen molar-refractivity contribution in [1.29, 1.82) is 0 Å². The van der Waals surface area contributed by atoms with Gasteiger partial charge in [0.25, 0.3) is 0 Å². The van der Waals surface area contributed by atoms with E-state index in [0.717, 1.165) is 25.7 Å². The first kappa shape index (κ1) is 15.0. The van der Waals surface area contributed by atoms with Crippen molar-refractivity contribution in [3.63, 3.8) is 0 Å². The average Bonchev–Trinajstić information content (AvgIpc) is 3.09. The summed E-state index contributed by atoms with van der Waals surface area (Å²) in [6, 6.07) is 6.71. The van der Waals surface area contributed by atoms with E-state index in [-0.39, 0.29) is 36.1 Å². The first-order chi connectivity index (χ1) is 10.6. The third kappa shape index (κ3) is 2.98. The number of hydrogen-bond donors (Lipinski definition) is 1. The molecule has 2 fully saturated rings. The van der Waals surface area contributed by atoms with E-state index in [1.165, 1.54) is 6.07 Å². The second kappa shape index (κ2) is 6.07. The summed E-state index contributed by atoms with van der Waals surface area (Å²) in [6.45, 7) is -0.0238. The maximum atomic E-state index is 13.8. The van der Waals surface area contributed by atoms with Crippen LogP contribution in [0.25, 0.3) is 0 Å². The molecule has 0 aromatic heterocycles. The minimum Gasteiger partial charge on any atom is -0.368 e. The van der Waals surface area contributed by atoms with Gasteiger partial charge < -0.3 is 10.6 Å². The predicted octanol–water partition coefficient (Wildman–Crippen LogP) is 2.19. The zero-order valence-electron chi connectivity index (χ0n) is 12.5. The molecule has 4 nitrogen and oxygen atoms in total. The number of nitrogens with zero attached hydrogens (tertiary/aromatic N) is 1. The highest BCUT2D eigenvalue weighted by Crippen LogP contribution is 2.49. The lowest BCUT2D eigenvalue weighted by molar-refractivity contribution is -0.138. The first-order valence-corrected chi connectivity index (χ1v) is 7.91. The first-order valence-electron chi connectivity index (χ1n) is 7.91. The second-order valence-electron chi connectivity index (χ2n) is 6.34. The van der Waals surface area contributed by atoms with Crippen molar-refractivity contribution >= 4 is 11.8 Å². The average molecular weight is 304 g/mol. The van der Waals surface area contributed by atoms with Crippen LogP contribution in [0.1, 0.15) is 43.6 Å². The van der Waals surface area contributed by atoms with Crippen LogP contribution in [0, 0.1) is 11.7 Å². The molecule has 2 aliphatic rings. The van der Waals surface area contributed by atoms with Gasteiger partial charge in [-0.05, 0) is 36.8 Å². The number of carbonyl (C=O) groups excluding carboxylic acids is 2. The van der Waals surface area contributed by atoms with Crippen molar-refractivity contribution in [1.82, 2.24) is 4.90 Å². The quantitative estimate of drug-likeness (QED) is 0.906. The molecule has 2 aliphatic carbocycles. The van der Waals surface area contributed by atoms with Gasteiger partial charge in [-0.3, -0.25) is 9.59 Å². The summed E-state index contributed by atoms with van der Waals surface area (Å²) in [7, 11) is 0. The number of halogens is 1. The smallest absolute Gasteiger partial charge is 0.237 e. The Balaban J connectivity index is 1.72. The number of nitrogens with two attached hydrogens (primary N) is 1. The number of carbonyl (C=O) groups is 2. The molecule has 1 aromatic rings. The summed E-state index contributed by atoms with van der Waals surface area (Å²) >= 11 is 0. The standard InChI is InChI=1S/C17H21FN2O2/c18-15-8-4-3-7-12(15)13-9-14(13)17(22)20(10-16(19)21)11-5-1-2-6-11/h3-4,7-8,11,13-14H,1-2,5-6,9-10H2,(H2,19,21). The largest absolute Gasteiger partial charge is 0.368 e. The molecule has 2 atom stereocenters. The van der Waals surface area contributed by atoms with Crippen LogP contribution in [0.15, 0.2) is 24.3 Å². The predicted molar refractivity (Wildman–Crippen MR) is 80.4 cm³/mol. The molecule has 0 bridgehead atoms. The third-order valence-corrected chi connectivity index (χ3v) is 4.79. The van der Waals surface area contributed by atoms with Gasteiger partial charge in [0.1, 0.15) is 5.82 Å². The number of primary amides is 1. The number of amides is 2. The Morgan fingerprint density at radius 3 is 2.55 bits per heavy atom. The molecule has 22 heavy (non-hydrogen) atoms. The highest BCUT2D eigenvalue weighted by atomic mass is 19.1. The highest BCUT2D eigenvalue weighted by molar-refractivity contribution is 5.87. The molecule has 2 N–H and O–H groups in total. The van der Waals surface area contributed by atoms with Crippen molar-refractivity contribution in [3.8, 4) is 0 Å². The molecule has 0 spiro atoms. The fraction of sp³-hybridized carbons (Fsp3) is 0.529. The van der Waals surface area contributed by atoms with Gasteiger partial charge in [0.15, 0.2) is 0 Å². The van der Waals surface area contributed by atoms with Gasteiger partial charge in [-0.2, -0.15) is 0 Å². The molecular weight excluding hydrogens is 283 g/mol. The van der Waals surface area contributed by atoms with Crippen molar-refractivity contribution in [2.24, 2.45) is 11.7 Å². The maximum absolute atomic E-state index is 13.8. The molecule has 2 saturated carbocycles. The number of benzene rings is 1. The number of hydrogen-bond acceptors (Lipinski definition) is 2. The van der Waals surface area contributed by atoms with Gasteiger partial charge in [-0.15, -0.1) is 0 Å². The molecule has 1 aromatic carbocycles. The van der Waals surface area contributed by atoms with E-state index < -0.39 is 5.91 Å². The van der Waals surface area contributed by atoms with Gasteiger partial charge in [0, 0.05) is 12.0 Å². The molecule has 0 heterocycles. The lowest BCUT2D eigenvalue weighted by Crippen LogP contribution is -2.45. The highest BCUT2D eigenvalue weighted by Gasteiger charge is 2.48. The molecule has 5 heteroatoms. The lowest BCUT2D eigenvalue weighted by Gasteiger charge is -2.28. The van der Waals surface area contributed by atoms with Gasteiger partial charge in [-0.25, -0.2) is 4.39 Å². The minimum atomic E-state index is -0.483. The zero-order chi connectivity index (χ0) is 15.7. The topological polar surface area (TPSA) is 63.4 Å². The van der Waals surface area contributed by atoms with Crippen molar-refractivity contribution in [3.05, 3.63) is 35.6 Å². The number of rotatable bonds is 5. The maximum Gasteiger partial charge on any atom is 0.237 e. The van der Waals surface area contributed by atoms with Gasteiger partial charge in [0.05, 0.1) is 6.54 Å². The summed E-state index contributed by atoms with van der Waals surface area (Å²) < 4.78 is 13.8. The van der Waals surface area contributed by atoms with Crippen LogP contribution in [0.2, 0.25) is 0 Å². The summed E-state index contributed by atoms with van der Waals surface area (Å²) in [4.78, 5) is 25.6. The van der Waals surface area contributed by atoms with E-state index in [0.29, 0.717) is 12.0 Å². The molecule has 2 unspecified atom stereocenters. The van der Waals surface area contributed by atoms with Crippen LogP contribution < -0.4 is 5.73 Å². The SMILES string of the molecule is NC(=O)CN(C(=O)C1CC1c1ccccc1F)C1CCCC1. The Morgan fingerprint density at radius 1 is 1.23 bits per heavy atom. The Bertz CT molecular complexity index is 584. The lowest BCUT2D eigenvalue weighted by atomic mass is 10.1. The normalized spacial score (nSPS) is 24.2. The molecule has 0 radical (unpaired) electrons. The van der Waals surface area contributed by atoms with Crippen LogP contribution in [-0.4, -0.2) is 29.3 Å². The molecule has 118 valence electrons. The van der Waals surface area contributed by atoms with Crippen LogP contribution in [-0.2, 0) is 9.59 Å². The minimum absolute atomic E-state index is 0.0238. The fourth-order valence-corrected chi connectivity index (χ4v) is 3.57. The van der Waals surface area contributed by atoms with Crippen LogP contribution >= 0.6 is 0 Å². The molecule has 0 saturated heterocycles. The second-order valence-corrected chi connectivity index (χ2v) is 6.34.